The number of nitrogens with zero attached hydrogens (tertiary/aromatic N) is 2. The maximum Gasteiger partial charge on any atom is 0.304 e. The van der Waals surface area contributed by atoms with Crippen molar-refractivity contribution < 1.29 is 18.1 Å². The van der Waals surface area contributed by atoms with Gasteiger partial charge in [-0.1, -0.05) is 11.3 Å². The first-order chi connectivity index (χ1) is 9.86. The number of hydrogen-bond acceptors (Lipinski definition) is 7. The number of methoxy groups -OCH3 is 1. The molecule has 10 heteroatoms. The Morgan fingerprint density at radius 2 is 2.33 bits per heavy atom. The highest BCUT2D eigenvalue weighted by Gasteiger charge is 2.33. The number of anilines is 1. The number of nitro groups is 1. The molecule has 0 amide bonds. The molecule has 1 saturated heterocycles. The van der Waals surface area contributed by atoms with Crippen molar-refractivity contribution in [3.8, 4) is 0 Å². The van der Waals surface area contributed by atoms with E-state index in [1.54, 1.807) is 7.11 Å². The van der Waals surface area contributed by atoms with Crippen molar-refractivity contribution in [1.82, 2.24) is 4.31 Å². The first-order valence-corrected chi connectivity index (χ1v) is 8.64. The summed E-state index contributed by atoms with van der Waals surface area (Å²) in [4.78, 5) is 10.1. The lowest BCUT2D eigenvalue weighted by Crippen LogP contribution is -2.40. The zero-order valence-electron chi connectivity index (χ0n) is 11.5. The number of nitrogens with two attached hydrogens (primary N) is 1. The molecule has 8 nitrogen and oxygen atoms in total. The lowest BCUT2D eigenvalue weighted by Gasteiger charge is -2.31. The number of piperidine rings is 1. The molecule has 1 fully saturated rings. The van der Waals surface area contributed by atoms with E-state index in [1.165, 1.54) is 4.31 Å². The Kier molecular flexibility index (Phi) is 4.81. The van der Waals surface area contributed by atoms with Gasteiger partial charge in [-0.2, -0.15) is 4.31 Å². The van der Waals surface area contributed by atoms with Crippen molar-refractivity contribution in [2.75, 3.05) is 32.5 Å². The molecule has 0 saturated carbocycles. The zero-order valence-corrected chi connectivity index (χ0v) is 13.2. The van der Waals surface area contributed by atoms with Crippen LogP contribution in [-0.4, -0.2) is 44.5 Å². The van der Waals surface area contributed by atoms with Gasteiger partial charge in [0.05, 0.1) is 11.5 Å². The summed E-state index contributed by atoms with van der Waals surface area (Å²) in [6.45, 7) is 1.27. The highest BCUT2D eigenvalue weighted by molar-refractivity contribution is 7.91. The van der Waals surface area contributed by atoms with Crippen LogP contribution in [0.2, 0.25) is 0 Å². The van der Waals surface area contributed by atoms with Gasteiger partial charge < -0.3 is 10.5 Å². The Bertz CT molecular complexity index is 626. The van der Waals surface area contributed by atoms with Gasteiger partial charge in [-0.3, -0.25) is 10.1 Å². The van der Waals surface area contributed by atoms with Crippen molar-refractivity contribution in [3.05, 3.63) is 16.2 Å². The SMILES string of the molecule is COCC1CCCN(S(=O)(=O)c2cc([N+](=O)[O-])c(N)s2)C1. The minimum atomic E-state index is -3.74. The summed E-state index contributed by atoms with van der Waals surface area (Å²) in [6, 6.07) is 1.04. The number of hydrogen-bond donors (Lipinski definition) is 1. The van der Waals surface area contributed by atoms with Crippen molar-refractivity contribution in [1.29, 1.82) is 0 Å². The molecule has 0 bridgehead atoms. The van der Waals surface area contributed by atoms with Crippen LogP contribution in [0.15, 0.2) is 10.3 Å². The van der Waals surface area contributed by atoms with E-state index >= 15 is 0 Å². The quantitative estimate of drug-likeness (QED) is 0.640. The van der Waals surface area contributed by atoms with E-state index in [0.717, 1.165) is 30.2 Å². The van der Waals surface area contributed by atoms with Gasteiger partial charge in [0.25, 0.3) is 10.0 Å². The minimum absolute atomic E-state index is 0.0789. The molecule has 0 aromatic carbocycles. The number of nitrogen functional groups attached to an aromatic ring is 1. The van der Waals surface area contributed by atoms with Crippen molar-refractivity contribution >= 4 is 32.0 Å². The van der Waals surface area contributed by atoms with Crippen molar-refractivity contribution in [2.24, 2.45) is 5.92 Å². The fraction of sp³-hybridized carbons (Fsp3) is 0.636. The Morgan fingerprint density at radius 1 is 1.62 bits per heavy atom. The third kappa shape index (κ3) is 3.34. The van der Waals surface area contributed by atoms with Crippen LogP contribution >= 0.6 is 11.3 Å². The molecule has 1 atom stereocenters. The Balaban J connectivity index is 2.25. The van der Waals surface area contributed by atoms with Gasteiger partial charge in [0.15, 0.2) is 5.00 Å². The summed E-state index contributed by atoms with van der Waals surface area (Å²) >= 11 is 0.733. The van der Waals surface area contributed by atoms with Crippen LogP contribution in [0, 0.1) is 16.0 Å². The van der Waals surface area contributed by atoms with E-state index in [1.807, 2.05) is 0 Å². The van der Waals surface area contributed by atoms with Gasteiger partial charge in [-0.15, -0.1) is 0 Å². The lowest BCUT2D eigenvalue weighted by atomic mass is 10.0. The van der Waals surface area contributed by atoms with Crippen LogP contribution in [0.25, 0.3) is 0 Å². The Labute approximate surface area is 126 Å². The summed E-state index contributed by atoms with van der Waals surface area (Å²) in [6.07, 6.45) is 1.66. The molecule has 1 aromatic rings. The highest BCUT2D eigenvalue weighted by atomic mass is 32.2. The number of thiophene rings is 1. The molecular formula is C11H17N3O5S2. The Hall–Kier alpha value is -1.23. The van der Waals surface area contributed by atoms with Gasteiger partial charge in [0, 0.05) is 26.3 Å². The van der Waals surface area contributed by atoms with Gasteiger partial charge in [0.1, 0.15) is 4.21 Å². The molecule has 1 aliphatic heterocycles. The summed E-state index contributed by atoms with van der Waals surface area (Å²) in [5.74, 6) is 0.144. The molecule has 0 aliphatic carbocycles. The van der Waals surface area contributed by atoms with Crippen LogP contribution in [0.3, 0.4) is 0 Å². The van der Waals surface area contributed by atoms with Crippen LogP contribution in [0.1, 0.15) is 12.8 Å². The maximum absolute atomic E-state index is 12.5. The molecule has 21 heavy (non-hydrogen) atoms. The summed E-state index contributed by atoms with van der Waals surface area (Å²) < 4.78 is 31.4. The normalized spacial score (nSPS) is 20.5. The number of sulfonamides is 1. The molecule has 1 aliphatic rings. The van der Waals surface area contributed by atoms with E-state index < -0.39 is 14.9 Å². The Morgan fingerprint density at radius 3 is 2.90 bits per heavy atom. The van der Waals surface area contributed by atoms with Gasteiger partial charge in [-0.25, -0.2) is 8.42 Å². The van der Waals surface area contributed by atoms with E-state index in [0.29, 0.717) is 19.7 Å². The predicted molar refractivity (Wildman–Crippen MR) is 78.7 cm³/mol. The average Bonchev–Trinajstić information content (AvgIpc) is 2.82. The van der Waals surface area contributed by atoms with E-state index in [-0.39, 0.29) is 20.8 Å². The second-order valence-electron chi connectivity index (χ2n) is 4.90. The minimum Gasteiger partial charge on any atom is -0.385 e. The average molecular weight is 335 g/mol. The molecule has 0 spiro atoms. The predicted octanol–water partition coefficient (Wildman–Crippen LogP) is 1.29. The monoisotopic (exact) mass is 335 g/mol. The summed E-state index contributed by atoms with van der Waals surface area (Å²) in [5.41, 5.74) is 5.16. The fourth-order valence-corrected chi connectivity index (χ4v) is 5.31. The first-order valence-electron chi connectivity index (χ1n) is 6.39. The van der Waals surface area contributed by atoms with Gasteiger partial charge in [-0.05, 0) is 18.8 Å². The van der Waals surface area contributed by atoms with Crippen LogP contribution in [0.4, 0.5) is 10.7 Å². The molecule has 2 rings (SSSR count). The number of ether oxygens (including phenoxy) is 1. The maximum atomic E-state index is 12.5. The third-order valence-electron chi connectivity index (χ3n) is 3.39. The van der Waals surface area contributed by atoms with E-state index in [9.17, 15) is 18.5 Å². The first kappa shape index (κ1) is 16.1. The zero-order chi connectivity index (χ0) is 15.6. The van der Waals surface area contributed by atoms with Gasteiger partial charge in [0.2, 0.25) is 0 Å². The standard InChI is InChI=1S/C11H17N3O5S2/c1-19-7-8-3-2-4-13(6-8)21(17,18)10-5-9(14(15)16)11(12)20-10/h5,8H,2-4,6-7,12H2,1H3. The molecular weight excluding hydrogens is 318 g/mol. The smallest absolute Gasteiger partial charge is 0.304 e. The molecule has 2 N–H and O–H groups in total. The third-order valence-corrected chi connectivity index (χ3v) is 6.66. The molecule has 0 radical (unpaired) electrons. The summed E-state index contributed by atoms with van der Waals surface area (Å²) in [7, 11) is -2.16. The highest BCUT2D eigenvalue weighted by Crippen LogP contribution is 2.36. The molecule has 1 unspecified atom stereocenters. The van der Waals surface area contributed by atoms with E-state index in [4.69, 9.17) is 10.5 Å². The molecule has 1 aromatic heterocycles. The summed E-state index contributed by atoms with van der Waals surface area (Å²) in [5, 5.41) is 10.7. The second kappa shape index (κ2) is 6.26. The topological polar surface area (TPSA) is 116 Å². The van der Waals surface area contributed by atoms with Crippen molar-refractivity contribution in [3.63, 3.8) is 0 Å². The largest absolute Gasteiger partial charge is 0.385 e. The van der Waals surface area contributed by atoms with Gasteiger partial charge >= 0.3 is 5.69 Å². The van der Waals surface area contributed by atoms with Crippen LogP contribution in [-0.2, 0) is 14.8 Å². The second-order valence-corrected chi connectivity index (χ2v) is 8.15. The fourth-order valence-electron chi connectivity index (χ4n) is 2.39. The molecule has 2 heterocycles. The van der Waals surface area contributed by atoms with E-state index in [2.05, 4.69) is 0 Å². The molecule has 118 valence electrons. The van der Waals surface area contributed by atoms with Crippen LogP contribution in [0.5, 0.6) is 0 Å². The van der Waals surface area contributed by atoms with Crippen LogP contribution < -0.4 is 5.73 Å². The lowest BCUT2D eigenvalue weighted by molar-refractivity contribution is -0.383. The number of rotatable bonds is 5. The van der Waals surface area contributed by atoms with Crippen molar-refractivity contribution in [2.45, 2.75) is 17.1 Å².